The first kappa shape index (κ1) is 52.8. The second-order valence-corrected chi connectivity index (χ2v) is 21.4. The molecule has 9 rings (SSSR count). The van der Waals surface area contributed by atoms with E-state index >= 15 is 14.4 Å². The number of ether oxygens (including phenoxy) is 1. The lowest BCUT2D eigenvalue weighted by Gasteiger charge is -2.45. The minimum Gasteiger partial charge on any atom is -0.505 e. The van der Waals surface area contributed by atoms with Gasteiger partial charge in [-0.2, -0.15) is 11.8 Å². The Morgan fingerprint density at radius 3 is 2.23 bits per heavy atom. The van der Waals surface area contributed by atoms with E-state index in [1.807, 2.05) is 43.3 Å². The van der Waals surface area contributed by atoms with E-state index in [2.05, 4.69) is 25.8 Å². The first-order chi connectivity index (χ1) is 35.0. The number of ketones is 1. The number of Topliss-reactive ketones (excluding diaryl/α,β-unsaturated/α-hetero) is 1. The molecule has 390 valence electrons. The molecule has 20 heteroatoms. The van der Waals surface area contributed by atoms with Crippen molar-refractivity contribution in [3.05, 3.63) is 89.7 Å². The molecule has 1 aromatic heterocycles. The standard InChI is InChI=1S/C53H67N9O10S/c1-6-37-50(68)61-23-11-14-38(61)51(69)59(5)40(26-32-16-18-36(19-17-32)58(3)4)52(70)62-28-35(30-73-43-29-60-24-20-33(43)21-25-60)42(64)27-39(62)47(65)57-45(34-12-8-7-9-13-34)53(71)72-31(2)44(48(66)55-37)56-49(67)46-41(63)15-10-22-54-46/h7-10,12-13,15-19,22,31,33,35,37-40,43-45,63H,6,11,14,20-21,23-30H2,1-5H3,(H,55,66)(H,56,67)(H,57,65)/t31-,35-,37-,38-,39-,40-,43+,44-,45-/m0/s1. The van der Waals surface area contributed by atoms with E-state index in [0.717, 1.165) is 43.7 Å². The van der Waals surface area contributed by atoms with Crippen molar-refractivity contribution < 1.29 is 48.2 Å². The number of fused-ring (bicyclic) bond motifs is 5. The third-order valence-corrected chi connectivity index (χ3v) is 16.7. The molecule has 0 saturated carbocycles. The van der Waals surface area contributed by atoms with Crippen LogP contribution in [0.15, 0.2) is 72.9 Å². The SMILES string of the molecule is CC[C@@H]1NC(=O)[C@@H](NC(=O)c2ncccc2O)[C@H](C)OC(=O)[C@H](c2ccccc2)NC(=O)[C@@H]2CC(=O)[C@H](CS[C@@H]3CN4CCC3CC4)CN2C(=O)[C@H](Cc2ccc(N(C)C)cc2)N(C)C(=O)[C@@H]2CCCN2C1=O. The lowest BCUT2D eigenvalue weighted by molar-refractivity contribution is -0.157. The van der Waals surface area contributed by atoms with Gasteiger partial charge in [-0.25, -0.2) is 9.78 Å². The quantitative estimate of drug-likeness (QED) is 0.214. The van der Waals surface area contributed by atoms with Crippen molar-refractivity contribution in [1.29, 1.82) is 0 Å². The van der Waals surface area contributed by atoms with Crippen LogP contribution in [-0.2, 0) is 44.7 Å². The number of aromatic nitrogens is 1. The number of piperidine rings is 4. The van der Waals surface area contributed by atoms with Gasteiger partial charge in [0.15, 0.2) is 11.7 Å². The number of nitrogens with one attached hydrogen (secondary N) is 3. The molecular weight excluding hydrogens is 955 g/mol. The molecule has 0 aliphatic carbocycles. The minimum absolute atomic E-state index is 0.0289. The number of nitrogens with zero attached hydrogens (tertiary/aromatic N) is 6. The molecule has 6 saturated heterocycles. The van der Waals surface area contributed by atoms with Gasteiger partial charge in [0, 0.05) is 82.4 Å². The van der Waals surface area contributed by atoms with Gasteiger partial charge in [0.2, 0.25) is 29.5 Å². The highest BCUT2D eigenvalue weighted by Gasteiger charge is 2.48. The molecular formula is C53H67N9O10S. The number of amides is 6. The fraction of sp³-hybridized carbons (Fsp3) is 0.528. The highest BCUT2D eigenvalue weighted by Crippen LogP contribution is 2.37. The van der Waals surface area contributed by atoms with Crippen molar-refractivity contribution in [2.75, 3.05) is 64.5 Å². The molecule has 3 aromatic rings. The molecule has 6 aliphatic rings. The lowest BCUT2D eigenvalue weighted by Crippen LogP contribution is -2.63. The monoisotopic (exact) mass is 1020 g/mol. The molecule has 19 nitrogen and oxygen atoms in total. The minimum atomic E-state index is -1.69. The average Bonchev–Trinajstić information content (AvgIpc) is 3.89. The number of carbonyl (C=O) groups excluding carboxylic acids is 8. The number of anilines is 1. The smallest absolute Gasteiger partial charge is 0.333 e. The van der Waals surface area contributed by atoms with Crippen molar-refractivity contribution in [2.45, 2.75) is 106 Å². The van der Waals surface area contributed by atoms with E-state index in [-0.39, 0.29) is 50.1 Å². The summed E-state index contributed by atoms with van der Waals surface area (Å²) in [5.74, 6) is -5.83. The van der Waals surface area contributed by atoms with Crippen LogP contribution in [0, 0.1) is 11.8 Å². The summed E-state index contributed by atoms with van der Waals surface area (Å²) >= 11 is 1.73. The molecule has 7 heterocycles. The van der Waals surface area contributed by atoms with Gasteiger partial charge in [0.05, 0.1) is 0 Å². The number of aromatic hydroxyl groups is 1. The summed E-state index contributed by atoms with van der Waals surface area (Å²) in [7, 11) is 5.33. The van der Waals surface area contributed by atoms with Crippen LogP contribution in [0.2, 0.25) is 0 Å². The number of esters is 1. The van der Waals surface area contributed by atoms with E-state index in [0.29, 0.717) is 23.3 Å². The Hall–Kier alpha value is -6.54. The van der Waals surface area contributed by atoms with Gasteiger partial charge in [-0.05, 0) is 93.4 Å². The van der Waals surface area contributed by atoms with Gasteiger partial charge in [0.1, 0.15) is 47.8 Å². The van der Waals surface area contributed by atoms with Gasteiger partial charge >= 0.3 is 5.97 Å². The Kier molecular flexibility index (Phi) is 16.7. The second-order valence-electron chi connectivity index (χ2n) is 20.1. The van der Waals surface area contributed by atoms with Crippen molar-refractivity contribution in [1.82, 2.24) is 40.5 Å². The van der Waals surface area contributed by atoms with Crippen molar-refractivity contribution >= 4 is 64.6 Å². The van der Waals surface area contributed by atoms with E-state index in [1.165, 1.54) is 47.0 Å². The van der Waals surface area contributed by atoms with Crippen LogP contribution in [-0.4, -0.2) is 178 Å². The number of cyclic esters (lactones) is 1. The number of likely N-dealkylation sites (N-methyl/N-ethyl adjacent to an activating group) is 1. The van der Waals surface area contributed by atoms with Gasteiger partial charge in [-0.15, -0.1) is 0 Å². The van der Waals surface area contributed by atoms with E-state index in [4.69, 9.17) is 4.74 Å². The Balaban J connectivity index is 1.19. The van der Waals surface area contributed by atoms with E-state index in [9.17, 15) is 29.1 Å². The Morgan fingerprint density at radius 2 is 1.58 bits per heavy atom. The van der Waals surface area contributed by atoms with Gasteiger partial charge in [-0.1, -0.05) is 49.4 Å². The number of thioether (sulfide) groups is 1. The molecule has 0 unspecified atom stereocenters. The highest BCUT2D eigenvalue weighted by molar-refractivity contribution is 8.00. The molecule has 0 radical (unpaired) electrons. The van der Waals surface area contributed by atoms with Crippen molar-refractivity contribution in [3.63, 3.8) is 0 Å². The summed E-state index contributed by atoms with van der Waals surface area (Å²) in [6, 6.07) is 10.3. The maximum absolute atomic E-state index is 15.7. The largest absolute Gasteiger partial charge is 0.505 e. The van der Waals surface area contributed by atoms with Crippen LogP contribution in [0.1, 0.15) is 80.0 Å². The third-order valence-electron chi connectivity index (χ3n) is 15.2. The van der Waals surface area contributed by atoms with Crippen LogP contribution in [0.3, 0.4) is 0 Å². The fourth-order valence-electron chi connectivity index (χ4n) is 10.8. The molecule has 73 heavy (non-hydrogen) atoms. The number of pyridine rings is 1. The maximum Gasteiger partial charge on any atom is 0.333 e. The summed E-state index contributed by atoms with van der Waals surface area (Å²) in [5.41, 5.74) is 1.49. The maximum atomic E-state index is 15.7. The third kappa shape index (κ3) is 11.8. The summed E-state index contributed by atoms with van der Waals surface area (Å²) in [4.78, 5) is 130. The molecule has 6 aliphatic heterocycles. The molecule has 6 fully saturated rings. The molecule has 2 aromatic carbocycles. The first-order valence-electron chi connectivity index (χ1n) is 25.3. The number of carbonyl (C=O) groups is 8. The molecule has 4 N–H and O–H groups in total. The van der Waals surface area contributed by atoms with Crippen LogP contribution >= 0.6 is 11.8 Å². The van der Waals surface area contributed by atoms with Crippen LogP contribution in [0.25, 0.3) is 0 Å². The van der Waals surface area contributed by atoms with Gasteiger partial charge < -0.3 is 50.3 Å². The fourth-order valence-corrected chi connectivity index (χ4v) is 12.4. The predicted octanol–water partition coefficient (Wildman–Crippen LogP) is 2.32. The first-order valence-corrected chi connectivity index (χ1v) is 26.4. The Bertz CT molecular complexity index is 2540. The zero-order chi connectivity index (χ0) is 52.1. The second kappa shape index (κ2) is 23.1. The predicted molar refractivity (Wildman–Crippen MR) is 272 cm³/mol. The summed E-state index contributed by atoms with van der Waals surface area (Å²) in [5, 5.41) is 18.8. The summed E-state index contributed by atoms with van der Waals surface area (Å²) in [6.07, 6.45) is 2.40. The Labute approximate surface area is 430 Å². The summed E-state index contributed by atoms with van der Waals surface area (Å²) in [6.45, 7) is 6.11. The molecule has 0 spiro atoms. The number of rotatable bonds is 10. The topological polar surface area (TPSA) is 231 Å². The van der Waals surface area contributed by atoms with Crippen molar-refractivity contribution in [2.24, 2.45) is 11.8 Å². The molecule has 2 bridgehead atoms. The summed E-state index contributed by atoms with van der Waals surface area (Å²) < 4.78 is 5.97. The highest BCUT2D eigenvalue weighted by atomic mass is 32.2. The molecule has 6 amide bonds. The number of benzene rings is 2. The van der Waals surface area contributed by atoms with Crippen LogP contribution in [0.5, 0.6) is 5.75 Å². The number of hydrogen-bond donors (Lipinski definition) is 4. The number of hydrogen-bond acceptors (Lipinski definition) is 14. The average molecular weight is 1020 g/mol. The Morgan fingerprint density at radius 1 is 0.849 bits per heavy atom. The zero-order valence-electron chi connectivity index (χ0n) is 42.1. The van der Waals surface area contributed by atoms with Gasteiger partial charge in [0.25, 0.3) is 5.91 Å². The van der Waals surface area contributed by atoms with E-state index < -0.39 is 101 Å². The molecule has 9 atom stereocenters. The normalized spacial score (nSPS) is 29.5. The van der Waals surface area contributed by atoms with E-state index in [1.54, 1.807) is 49.0 Å². The van der Waals surface area contributed by atoms with Gasteiger partial charge in [-0.3, -0.25) is 33.6 Å². The lowest BCUT2D eigenvalue weighted by atomic mass is 9.88. The van der Waals surface area contributed by atoms with Crippen LogP contribution < -0.4 is 20.9 Å². The van der Waals surface area contributed by atoms with Crippen LogP contribution in [0.4, 0.5) is 5.69 Å². The zero-order valence-corrected chi connectivity index (χ0v) is 42.9. The van der Waals surface area contributed by atoms with Crippen molar-refractivity contribution in [3.8, 4) is 5.75 Å².